The van der Waals surface area contributed by atoms with Gasteiger partial charge in [0, 0.05) is 40.3 Å². The van der Waals surface area contributed by atoms with Crippen LogP contribution in [0.25, 0.3) is 0 Å². The number of carbonyl (C=O) groups is 4. The van der Waals surface area contributed by atoms with Crippen molar-refractivity contribution in [1.82, 2.24) is 20.4 Å². The molecule has 0 bridgehead atoms. The molecular weight excluding hydrogens is 492 g/mol. The summed E-state index contributed by atoms with van der Waals surface area (Å²) < 4.78 is 0. The van der Waals surface area contributed by atoms with Gasteiger partial charge in [0.15, 0.2) is 0 Å². The Morgan fingerprint density at radius 3 is 1.13 bits per heavy atom. The molecule has 2 N–H and O–H groups in total. The molecule has 0 radical (unpaired) electrons. The van der Waals surface area contributed by atoms with Crippen molar-refractivity contribution in [2.45, 2.75) is 136 Å². The molecule has 4 amide bonds. The molecule has 0 aromatic carbocycles. The molecule has 0 aliphatic rings. The number of nitrogens with one attached hydrogen (secondary N) is 2. The molecule has 0 rings (SSSR count). The SMILES string of the molecule is CCCCCCCN(C)C(=O)CC(=O)NCCCCCCCCCNC(=O)CC(=O)N(C)CCCCCCC. The van der Waals surface area contributed by atoms with Crippen molar-refractivity contribution in [3.05, 3.63) is 0 Å². The molecule has 0 spiro atoms. The lowest BCUT2D eigenvalue weighted by atomic mass is 10.1. The first-order valence-corrected chi connectivity index (χ1v) is 15.8. The lowest BCUT2D eigenvalue weighted by Crippen LogP contribution is -2.34. The normalized spacial score (nSPS) is 10.8. The van der Waals surface area contributed by atoms with Gasteiger partial charge in [-0.15, -0.1) is 0 Å². The molecule has 0 saturated heterocycles. The number of amides is 4. The summed E-state index contributed by atoms with van der Waals surface area (Å²) in [6.45, 7) is 7.04. The first kappa shape index (κ1) is 36.9. The van der Waals surface area contributed by atoms with E-state index < -0.39 is 0 Å². The van der Waals surface area contributed by atoms with E-state index in [-0.39, 0.29) is 36.5 Å². The summed E-state index contributed by atoms with van der Waals surface area (Å²) >= 11 is 0. The number of nitrogens with zero attached hydrogens (tertiary/aromatic N) is 2. The summed E-state index contributed by atoms with van der Waals surface area (Å²) in [7, 11) is 3.56. The van der Waals surface area contributed by atoms with Crippen LogP contribution in [0.15, 0.2) is 0 Å². The van der Waals surface area contributed by atoms with Crippen LogP contribution in [0, 0.1) is 0 Å². The summed E-state index contributed by atoms with van der Waals surface area (Å²) in [5, 5.41) is 5.73. The molecule has 0 aromatic rings. The molecule has 0 heterocycles. The van der Waals surface area contributed by atoms with Gasteiger partial charge in [-0.25, -0.2) is 0 Å². The van der Waals surface area contributed by atoms with E-state index in [1.807, 2.05) is 0 Å². The van der Waals surface area contributed by atoms with Gasteiger partial charge in [-0.1, -0.05) is 97.3 Å². The van der Waals surface area contributed by atoms with Crippen LogP contribution in [-0.2, 0) is 19.2 Å². The fourth-order valence-corrected chi connectivity index (χ4v) is 4.41. The Balaban J connectivity index is 3.59. The number of rotatable bonds is 26. The second-order valence-corrected chi connectivity index (χ2v) is 11.0. The van der Waals surface area contributed by atoms with Crippen molar-refractivity contribution in [3.63, 3.8) is 0 Å². The van der Waals surface area contributed by atoms with E-state index in [9.17, 15) is 19.2 Å². The highest BCUT2D eigenvalue weighted by atomic mass is 16.2. The van der Waals surface area contributed by atoms with Crippen LogP contribution in [0.2, 0.25) is 0 Å². The Hall–Kier alpha value is -2.12. The minimum atomic E-state index is -0.185. The molecule has 0 fully saturated rings. The highest BCUT2D eigenvalue weighted by molar-refractivity contribution is 5.97. The molecule has 0 aromatic heterocycles. The Bertz CT molecular complexity index is 603. The Labute approximate surface area is 239 Å². The van der Waals surface area contributed by atoms with Gasteiger partial charge in [-0.2, -0.15) is 0 Å². The molecule has 0 atom stereocenters. The number of unbranched alkanes of at least 4 members (excludes halogenated alkanes) is 14. The summed E-state index contributed by atoms with van der Waals surface area (Å²) in [4.78, 5) is 51.7. The van der Waals surface area contributed by atoms with E-state index in [2.05, 4.69) is 24.5 Å². The quantitative estimate of drug-likeness (QED) is 0.108. The van der Waals surface area contributed by atoms with Crippen LogP contribution in [0.4, 0.5) is 0 Å². The van der Waals surface area contributed by atoms with Crippen LogP contribution in [-0.4, -0.2) is 73.7 Å². The molecule has 0 saturated carbocycles. The van der Waals surface area contributed by atoms with Gasteiger partial charge in [0.2, 0.25) is 23.6 Å². The minimum Gasteiger partial charge on any atom is -0.356 e. The summed E-state index contributed by atoms with van der Waals surface area (Å²) in [5.41, 5.74) is 0. The van der Waals surface area contributed by atoms with Crippen molar-refractivity contribution in [3.8, 4) is 0 Å². The highest BCUT2D eigenvalue weighted by Gasteiger charge is 2.14. The smallest absolute Gasteiger partial charge is 0.231 e. The fourth-order valence-electron chi connectivity index (χ4n) is 4.41. The van der Waals surface area contributed by atoms with Crippen LogP contribution < -0.4 is 10.6 Å². The molecule has 0 aliphatic carbocycles. The summed E-state index contributed by atoms with van der Waals surface area (Å²) in [6, 6.07) is 0. The van der Waals surface area contributed by atoms with Crippen molar-refractivity contribution < 1.29 is 19.2 Å². The van der Waals surface area contributed by atoms with E-state index in [0.717, 1.165) is 83.7 Å². The zero-order valence-corrected chi connectivity index (χ0v) is 25.8. The molecule has 8 heteroatoms. The van der Waals surface area contributed by atoms with Crippen molar-refractivity contribution in [2.75, 3.05) is 40.3 Å². The molecule has 228 valence electrons. The maximum absolute atomic E-state index is 12.2. The first-order chi connectivity index (χ1) is 18.8. The molecule has 0 unspecified atom stereocenters. The number of hydrogen-bond acceptors (Lipinski definition) is 4. The monoisotopic (exact) mass is 552 g/mol. The zero-order valence-electron chi connectivity index (χ0n) is 25.8. The Morgan fingerprint density at radius 1 is 0.462 bits per heavy atom. The van der Waals surface area contributed by atoms with Crippen LogP contribution in [0.3, 0.4) is 0 Å². The average Bonchev–Trinajstić information content (AvgIpc) is 2.91. The minimum absolute atomic E-state index is 0.0635. The van der Waals surface area contributed by atoms with Crippen LogP contribution in [0.1, 0.15) is 136 Å². The molecular formula is C31H60N4O4. The summed E-state index contributed by atoms with van der Waals surface area (Å²) in [6.07, 6.45) is 18.7. The topological polar surface area (TPSA) is 98.8 Å². The fraction of sp³-hybridized carbons (Fsp3) is 0.871. The summed E-state index contributed by atoms with van der Waals surface area (Å²) in [5.74, 6) is -0.580. The largest absolute Gasteiger partial charge is 0.356 e. The standard InChI is InChI=1S/C31H60N4O4/c1-5-7-9-16-20-24-34(3)30(38)26-28(36)32-22-18-14-12-11-13-15-19-23-33-29(37)27-31(39)35(4)25-21-17-10-8-6-2/h5-27H2,1-4H3,(H,32,36)(H,33,37). The number of carbonyl (C=O) groups excluding carboxylic acids is 4. The van der Waals surface area contributed by atoms with Crippen molar-refractivity contribution in [2.24, 2.45) is 0 Å². The second kappa shape index (κ2) is 26.1. The van der Waals surface area contributed by atoms with Crippen molar-refractivity contribution >= 4 is 23.6 Å². The van der Waals surface area contributed by atoms with E-state index in [1.54, 1.807) is 23.9 Å². The van der Waals surface area contributed by atoms with Gasteiger partial charge in [-0.3, -0.25) is 19.2 Å². The number of hydrogen-bond donors (Lipinski definition) is 2. The Kier molecular flexibility index (Phi) is 24.7. The van der Waals surface area contributed by atoms with E-state index in [1.165, 1.54) is 38.5 Å². The molecule has 8 nitrogen and oxygen atoms in total. The third kappa shape index (κ3) is 23.5. The molecule has 39 heavy (non-hydrogen) atoms. The second-order valence-electron chi connectivity index (χ2n) is 11.0. The zero-order chi connectivity index (χ0) is 29.1. The third-order valence-corrected chi connectivity index (χ3v) is 7.17. The van der Waals surface area contributed by atoms with Gasteiger partial charge in [0.05, 0.1) is 0 Å². The average molecular weight is 553 g/mol. The first-order valence-electron chi connectivity index (χ1n) is 15.8. The lowest BCUT2D eigenvalue weighted by molar-refractivity contribution is -0.136. The van der Waals surface area contributed by atoms with Gasteiger partial charge < -0.3 is 20.4 Å². The highest BCUT2D eigenvalue weighted by Crippen LogP contribution is 2.08. The van der Waals surface area contributed by atoms with E-state index in [0.29, 0.717) is 13.1 Å². The Morgan fingerprint density at radius 2 is 0.769 bits per heavy atom. The van der Waals surface area contributed by atoms with Gasteiger partial charge in [-0.05, 0) is 25.7 Å². The van der Waals surface area contributed by atoms with Gasteiger partial charge in [0.25, 0.3) is 0 Å². The maximum Gasteiger partial charge on any atom is 0.231 e. The lowest BCUT2D eigenvalue weighted by Gasteiger charge is -2.17. The van der Waals surface area contributed by atoms with Crippen molar-refractivity contribution in [1.29, 1.82) is 0 Å². The third-order valence-electron chi connectivity index (χ3n) is 7.17. The van der Waals surface area contributed by atoms with E-state index >= 15 is 0 Å². The molecule has 0 aliphatic heterocycles. The van der Waals surface area contributed by atoms with Crippen LogP contribution >= 0.6 is 0 Å². The maximum atomic E-state index is 12.2. The van der Waals surface area contributed by atoms with Gasteiger partial charge in [0.1, 0.15) is 12.8 Å². The predicted molar refractivity (Wildman–Crippen MR) is 160 cm³/mol. The van der Waals surface area contributed by atoms with Crippen LogP contribution in [0.5, 0.6) is 0 Å². The van der Waals surface area contributed by atoms with Gasteiger partial charge >= 0.3 is 0 Å². The van der Waals surface area contributed by atoms with E-state index in [4.69, 9.17) is 0 Å². The predicted octanol–water partition coefficient (Wildman–Crippen LogP) is 5.59.